The fraction of sp³-hybridized carbons (Fsp3) is 0. The molecule has 2 aromatic heterocycles. The Bertz CT molecular complexity index is 1040. The molecule has 0 spiro atoms. The highest BCUT2D eigenvalue weighted by Crippen LogP contribution is 2.24. The van der Waals surface area contributed by atoms with Crippen LogP contribution in [-0.2, 0) is 9.59 Å². The van der Waals surface area contributed by atoms with E-state index in [-0.39, 0.29) is 11.8 Å². The molecule has 0 unspecified atom stereocenters. The highest BCUT2D eigenvalue weighted by atomic mass is 16.6. The number of fused-ring (bicyclic) bond motifs is 2. The van der Waals surface area contributed by atoms with Gasteiger partial charge in [-0.2, -0.15) is 0 Å². The predicted molar refractivity (Wildman–Crippen MR) is 94.8 cm³/mol. The van der Waals surface area contributed by atoms with Crippen molar-refractivity contribution < 1.29 is 19.1 Å². The maximum absolute atomic E-state index is 12.1. The fourth-order valence-electron chi connectivity index (χ4n) is 2.61. The van der Waals surface area contributed by atoms with Crippen molar-refractivity contribution in [3.63, 3.8) is 0 Å². The monoisotopic (exact) mass is 344 g/mol. The van der Waals surface area contributed by atoms with E-state index in [0.29, 0.717) is 10.8 Å². The first-order chi connectivity index (χ1) is 12.7. The number of hydrogen-bond donors (Lipinski definition) is 0. The second-order valence-corrected chi connectivity index (χ2v) is 5.45. The molecule has 0 fully saturated rings. The molecule has 0 amide bonds. The van der Waals surface area contributed by atoms with Gasteiger partial charge in [-0.25, -0.2) is 19.6 Å². The summed E-state index contributed by atoms with van der Waals surface area (Å²) in [6.07, 6.45) is 3.01. The van der Waals surface area contributed by atoms with Crippen LogP contribution in [0.5, 0.6) is 11.8 Å². The van der Waals surface area contributed by atoms with Gasteiger partial charge in [0.2, 0.25) is 11.8 Å². The van der Waals surface area contributed by atoms with Gasteiger partial charge < -0.3 is 9.47 Å². The molecule has 2 aromatic carbocycles. The van der Waals surface area contributed by atoms with Crippen LogP contribution >= 0.6 is 0 Å². The molecule has 4 rings (SSSR count). The molecule has 0 N–H and O–H groups in total. The minimum absolute atomic E-state index is 0.0518. The molecule has 0 radical (unpaired) electrons. The van der Waals surface area contributed by atoms with Crippen LogP contribution in [-0.4, -0.2) is 21.9 Å². The van der Waals surface area contributed by atoms with Crippen LogP contribution < -0.4 is 9.47 Å². The average Bonchev–Trinajstić information content (AvgIpc) is 2.68. The third kappa shape index (κ3) is 2.95. The van der Waals surface area contributed by atoms with E-state index in [0.717, 1.165) is 10.8 Å². The lowest BCUT2D eigenvalue weighted by atomic mass is 10.2. The lowest BCUT2D eigenvalue weighted by Crippen LogP contribution is -2.26. The van der Waals surface area contributed by atoms with Crippen molar-refractivity contribution in [3.8, 4) is 11.8 Å². The van der Waals surface area contributed by atoms with Crippen LogP contribution in [0.25, 0.3) is 21.5 Å². The normalized spacial score (nSPS) is 10.6. The molecule has 0 saturated heterocycles. The first kappa shape index (κ1) is 15.7. The van der Waals surface area contributed by atoms with E-state index >= 15 is 0 Å². The third-order valence-electron chi connectivity index (χ3n) is 3.82. The smallest absolute Gasteiger partial charge is 0.398 e. The third-order valence-corrected chi connectivity index (χ3v) is 3.82. The van der Waals surface area contributed by atoms with Crippen LogP contribution in [0.2, 0.25) is 0 Å². The zero-order valence-corrected chi connectivity index (χ0v) is 13.5. The summed E-state index contributed by atoms with van der Waals surface area (Å²) in [6, 6.07) is 18.1. The van der Waals surface area contributed by atoms with E-state index < -0.39 is 11.9 Å². The van der Waals surface area contributed by atoms with Crippen molar-refractivity contribution in [2.45, 2.75) is 0 Å². The molecule has 26 heavy (non-hydrogen) atoms. The van der Waals surface area contributed by atoms with Gasteiger partial charge in [0.25, 0.3) is 0 Å². The van der Waals surface area contributed by atoms with Gasteiger partial charge in [0.15, 0.2) is 0 Å². The van der Waals surface area contributed by atoms with E-state index in [1.54, 1.807) is 36.4 Å². The van der Waals surface area contributed by atoms with E-state index in [4.69, 9.17) is 9.47 Å². The quantitative estimate of drug-likeness (QED) is 0.410. The molecular weight excluding hydrogens is 332 g/mol. The van der Waals surface area contributed by atoms with Crippen molar-refractivity contribution in [1.82, 2.24) is 9.97 Å². The minimum atomic E-state index is -1.16. The van der Waals surface area contributed by atoms with Crippen LogP contribution in [0, 0.1) is 0 Å². The summed E-state index contributed by atoms with van der Waals surface area (Å²) in [5, 5.41) is 2.93. The summed E-state index contributed by atoms with van der Waals surface area (Å²) >= 11 is 0. The van der Waals surface area contributed by atoms with Gasteiger partial charge in [-0.15, -0.1) is 0 Å². The number of pyridine rings is 2. The summed E-state index contributed by atoms with van der Waals surface area (Å²) in [5.41, 5.74) is 0. The fourth-order valence-corrected chi connectivity index (χ4v) is 2.61. The molecule has 6 nitrogen and oxygen atoms in total. The first-order valence-electron chi connectivity index (χ1n) is 7.84. The molecule has 0 aliphatic carbocycles. The zero-order chi connectivity index (χ0) is 17.9. The highest BCUT2D eigenvalue weighted by Gasteiger charge is 2.22. The predicted octanol–water partition coefficient (Wildman–Crippen LogP) is 3.29. The summed E-state index contributed by atoms with van der Waals surface area (Å²) in [6.45, 7) is 0. The van der Waals surface area contributed by atoms with Gasteiger partial charge in [-0.05, 0) is 35.0 Å². The minimum Gasteiger partial charge on any atom is -0.398 e. The number of benzene rings is 2. The van der Waals surface area contributed by atoms with Crippen molar-refractivity contribution in [2.24, 2.45) is 0 Å². The zero-order valence-electron chi connectivity index (χ0n) is 13.5. The Labute approximate surface area is 148 Å². The Kier molecular flexibility index (Phi) is 3.99. The lowest BCUT2D eigenvalue weighted by molar-refractivity contribution is -0.156. The molecule has 6 heteroatoms. The van der Waals surface area contributed by atoms with Gasteiger partial charge in [-0.1, -0.05) is 36.4 Å². The van der Waals surface area contributed by atoms with Crippen molar-refractivity contribution >= 4 is 33.5 Å². The number of aromatic nitrogens is 2. The Morgan fingerprint density at radius 3 is 1.50 bits per heavy atom. The molecule has 2 heterocycles. The maximum atomic E-state index is 12.1. The molecular formula is C20H12N2O4. The SMILES string of the molecule is O=C(Oc1nccc2ccccc12)C(=O)Oc1nccc2ccccc12. The first-order valence-corrected chi connectivity index (χ1v) is 7.84. The second kappa shape index (κ2) is 6.60. The second-order valence-electron chi connectivity index (χ2n) is 5.45. The largest absolute Gasteiger partial charge is 0.424 e. The van der Waals surface area contributed by atoms with Crippen LogP contribution in [0.15, 0.2) is 73.1 Å². The lowest BCUT2D eigenvalue weighted by Gasteiger charge is -2.07. The van der Waals surface area contributed by atoms with Crippen LogP contribution in [0.3, 0.4) is 0 Å². The van der Waals surface area contributed by atoms with E-state index in [1.165, 1.54) is 12.4 Å². The summed E-state index contributed by atoms with van der Waals surface area (Å²) in [5.74, 6) is -2.22. The Balaban J connectivity index is 1.57. The maximum Gasteiger partial charge on any atom is 0.424 e. The van der Waals surface area contributed by atoms with Crippen LogP contribution in [0.4, 0.5) is 0 Å². The number of rotatable bonds is 2. The van der Waals surface area contributed by atoms with Gasteiger partial charge in [0.05, 0.1) is 0 Å². The molecule has 0 aliphatic rings. The summed E-state index contributed by atoms with van der Waals surface area (Å²) in [4.78, 5) is 32.3. The molecule has 4 aromatic rings. The van der Waals surface area contributed by atoms with Gasteiger partial charge in [0.1, 0.15) is 0 Å². The van der Waals surface area contributed by atoms with E-state index in [2.05, 4.69) is 9.97 Å². The molecule has 0 saturated carbocycles. The number of hydrogen-bond acceptors (Lipinski definition) is 6. The molecule has 0 bridgehead atoms. The average molecular weight is 344 g/mol. The topological polar surface area (TPSA) is 78.4 Å². The summed E-state index contributed by atoms with van der Waals surface area (Å²) < 4.78 is 10.2. The van der Waals surface area contributed by atoms with E-state index in [9.17, 15) is 9.59 Å². The van der Waals surface area contributed by atoms with Crippen molar-refractivity contribution in [1.29, 1.82) is 0 Å². The van der Waals surface area contributed by atoms with Crippen molar-refractivity contribution in [3.05, 3.63) is 73.1 Å². The van der Waals surface area contributed by atoms with Crippen molar-refractivity contribution in [2.75, 3.05) is 0 Å². The van der Waals surface area contributed by atoms with Gasteiger partial charge >= 0.3 is 11.9 Å². The Morgan fingerprint density at radius 2 is 1.04 bits per heavy atom. The Hall–Kier alpha value is -3.80. The Morgan fingerprint density at radius 1 is 0.615 bits per heavy atom. The molecule has 126 valence electrons. The highest BCUT2D eigenvalue weighted by molar-refractivity contribution is 6.31. The number of nitrogens with zero attached hydrogens (tertiary/aromatic N) is 2. The number of ether oxygens (including phenoxy) is 2. The van der Waals surface area contributed by atoms with Gasteiger partial charge in [-0.3, -0.25) is 0 Å². The number of carbonyl (C=O) groups is 2. The number of esters is 2. The molecule has 0 atom stereocenters. The standard InChI is InChI=1S/C20H12N2O4/c23-19(25-17-15-7-3-1-5-13(15)9-11-21-17)20(24)26-18-16-8-4-2-6-14(16)10-12-22-18/h1-12H. The van der Waals surface area contributed by atoms with Gasteiger partial charge in [0, 0.05) is 23.2 Å². The van der Waals surface area contributed by atoms with E-state index in [1.807, 2.05) is 24.3 Å². The molecule has 0 aliphatic heterocycles. The number of carbonyl (C=O) groups excluding carboxylic acids is 2. The van der Waals surface area contributed by atoms with Crippen LogP contribution in [0.1, 0.15) is 0 Å². The summed E-state index contributed by atoms with van der Waals surface area (Å²) in [7, 11) is 0.